The minimum absolute atomic E-state index is 0.206. The second-order valence-electron chi connectivity index (χ2n) is 4.50. The maximum atomic E-state index is 11.3. The number of carbonyl (C=O) groups is 1. The van der Waals surface area contributed by atoms with E-state index in [-0.39, 0.29) is 12.1 Å². The average Bonchev–Trinajstić information content (AvgIpc) is 2.42. The van der Waals surface area contributed by atoms with Crippen LogP contribution in [0.25, 0.3) is 0 Å². The molecule has 0 aromatic heterocycles. The second kappa shape index (κ2) is 8.56. The Labute approximate surface area is 110 Å². The molecule has 0 bridgehead atoms. The van der Waals surface area contributed by atoms with Crippen molar-refractivity contribution in [1.82, 2.24) is 5.32 Å². The van der Waals surface area contributed by atoms with Crippen molar-refractivity contribution in [2.45, 2.75) is 45.1 Å². The lowest BCUT2D eigenvalue weighted by molar-refractivity contribution is 0.165. The zero-order valence-electron chi connectivity index (χ0n) is 11.3. The van der Waals surface area contributed by atoms with E-state index >= 15 is 0 Å². The van der Waals surface area contributed by atoms with Gasteiger partial charge in [0, 0.05) is 6.04 Å². The fourth-order valence-corrected chi connectivity index (χ4v) is 1.95. The second-order valence-corrected chi connectivity index (χ2v) is 4.50. The summed E-state index contributed by atoms with van der Waals surface area (Å²) in [5.74, 6) is 0. The summed E-state index contributed by atoms with van der Waals surface area (Å²) >= 11 is 0. The predicted molar refractivity (Wildman–Crippen MR) is 73.6 cm³/mol. The van der Waals surface area contributed by atoms with Gasteiger partial charge in [0.15, 0.2) is 0 Å². The molecule has 1 aromatic carbocycles. The topological polar surface area (TPSA) is 38.3 Å². The molecule has 0 unspecified atom stereocenters. The smallest absolute Gasteiger partial charge is 0.407 e. The van der Waals surface area contributed by atoms with Crippen molar-refractivity contribution < 1.29 is 9.53 Å². The summed E-state index contributed by atoms with van der Waals surface area (Å²) in [6, 6.07) is 10.6. The van der Waals surface area contributed by atoms with Gasteiger partial charge in [-0.25, -0.2) is 4.79 Å². The van der Waals surface area contributed by atoms with E-state index in [0.29, 0.717) is 0 Å². The first kappa shape index (κ1) is 14.6. The van der Waals surface area contributed by atoms with Gasteiger partial charge in [-0.3, -0.25) is 0 Å². The minimum Gasteiger partial charge on any atom is -0.453 e. The monoisotopic (exact) mass is 249 g/mol. The molecule has 0 saturated carbocycles. The van der Waals surface area contributed by atoms with Crippen LogP contribution in [0.4, 0.5) is 4.79 Å². The first-order valence-electron chi connectivity index (χ1n) is 6.64. The van der Waals surface area contributed by atoms with Gasteiger partial charge < -0.3 is 10.1 Å². The molecule has 0 fully saturated rings. The molecular formula is C15H23NO2. The fraction of sp³-hybridized carbons (Fsp3) is 0.533. The van der Waals surface area contributed by atoms with Gasteiger partial charge in [0.2, 0.25) is 0 Å². The largest absolute Gasteiger partial charge is 0.453 e. The van der Waals surface area contributed by atoms with Crippen LogP contribution in [-0.2, 0) is 11.2 Å². The zero-order chi connectivity index (χ0) is 13.2. The molecule has 1 N–H and O–H groups in total. The summed E-state index contributed by atoms with van der Waals surface area (Å²) in [5, 5.41) is 2.91. The van der Waals surface area contributed by atoms with Crippen LogP contribution in [0.2, 0.25) is 0 Å². The van der Waals surface area contributed by atoms with Crippen LogP contribution in [0, 0.1) is 0 Å². The highest BCUT2D eigenvalue weighted by molar-refractivity contribution is 5.67. The highest BCUT2D eigenvalue weighted by Gasteiger charge is 2.11. The molecule has 0 aliphatic carbocycles. The third kappa shape index (κ3) is 5.71. The van der Waals surface area contributed by atoms with Gasteiger partial charge in [-0.1, -0.05) is 50.1 Å². The van der Waals surface area contributed by atoms with Crippen LogP contribution in [0.1, 0.15) is 38.2 Å². The number of hydrogen-bond acceptors (Lipinski definition) is 2. The number of amides is 1. The number of ether oxygens (including phenoxy) is 1. The summed E-state index contributed by atoms with van der Waals surface area (Å²) in [6.07, 6.45) is 4.90. The normalized spacial score (nSPS) is 11.9. The van der Waals surface area contributed by atoms with E-state index in [1.165, 1.54) is 12.7 Å². The van der Waals surface area contributed by atoms with Crippen LogP contribution in [0.15, 0.2) is 30.3 Å². The summed E-state index contributed by atoms with van der Waals surface area (Å²) in [6.45, 7) is 2.16. The highest BCUT2D eigenvalue weighted by atomic mass is 16.5. The molecule has 0 spiro atoms. The summed E-state index contributed by atoms with van der Waals surface area (Å²) in [5.41, 5.74) is 1.31. The molecule has 1 atom stereocenters. The first-order valence-corrected chi connectivity index (χ1v) is 6.64. The fourth-order valence-electron chi connectivity index (χ4n) is 1.95. The number of hydrogen-bond donors (Lipinski definition) is 1. The minimum atomic E-state index is -0.329. The Kier molecular flexibility index (Phi) is 6.92. The van der Waals surface area contributed by atoms with Gasteiger partial charge in [-0.05, 0) is 24.8 Å². The van der Waals surface area contributed by atoms with E-state index in [9.17, 15) is 4.79 Å². The Morgan fingerprint density at radius 1 is 1.28 bits per heavy atom. The number of rotatable bonds is 7. The van der Waals surface area contributed by atoms with Crippen molar-refractivity contribution in [3.63, 3.8) is 0 Å². The van der Waals surface area contributed by atoms with Crippen molar-refractivity contribution in [3.05, 3.63) is 35.9 Å². The Bertz CT molecular complexity index is 338. The van der Waals surface area contributed by atoms with Crippen LogP contribution in [-0.4, -0.2) is 19.2 Å². The molecule has 0 aliphatic rings. The number of aryl methyl sites for hydroxylation is 1. The lowest BCUT2D eigenvalue weighted by Crippen LogP contribution is -2.35. The SMILES string of the molecule is CCCC[C@H](CCc1ccccc1)NC(=O)OC. The molecule has 1 aromatic rings. The van der Waals surface area contributed by atoms with E-state index in [1.807, 2.05) is 18.2 Å². The van der Waals surface area contributed by atoms with Gasteiger partial charge in [-0.15, -0.1) is 0 Å². The standard InChI is InChI=1S/C15H23NO2/c1-3-4-10-14(16-15(17)18-2)12-11-13-8-6-5-7-9-13/h5-9,14H,3-4,10-12H2,1-2H3,(H,16,17)/t14-/m1/s1. The van der Waals surface area contributed by atoms with Gasteiger partial charge in [0.25, 0.3) is 0 Å². The van der Waals surface area contributed by atoms with Gasteiger partial charge in [0.05, 0.1) is 7.11 Å². The van der Waals surface area contributed by atoms with E-state index in [1.54, 1.807) is 0 Å². The molecule has 0 radical (unpaired) electrons. The molecule has 18 heavy (non-hydrogen) atoms. The lowest BCUT2D eigenvalue weighted by Gasteiger charge is -2.17. The number of unbranched alkanes of at least 4 members (excludes halogenated alkanes) is 1. The van der Waals surface area contributed by atoms with Gasteiger partial charge in [0.1, 0.15) is 0 Å². The third-order valence-corrected chi connectivity index (χ3v) is 3.04. The molecule has 0 heterocycles. The highest BCUT2D eigenvalue weighted by Crippen LogP contribution is 2.10. The predicted octanol–water partition coefficient (Wildman–Crippen LogP) is 3.53. The zero-order valence-corrected chi connectivity index (χ0v) is 11.3. The van der Waals surface area contributed by atoms with Crippen LogP contribution < -0.4 is 5.32 Å². The number of carbonyl (C=O) groups excluding carboxylic acids is 1. The Balaban J connectivity index is 2.42. The summed E-state index contributed by atoms with van der Waals surface area (Å²) < 4.78 is 4.66. The Morgan fingerprint density at radius 3 is 2.61 bits per heavy atom. The number of nitrogens with one attached hydrogen (secondary N) is 1. The summed E-state index contributed by atoms with van der Waals surface area (Å²) in [7, 11) is 1.41. The van der Waals surface area contributed by atoms with Crippen molar-refractivity contribution in [1.29, 1.82) is 0 Å². The number of methoxy groups -OCH3 is 1. The molecule has 3 heteroatoms. The molecule has 3 nitrogen and oxygen atoms in total. The lowest BCUT2D eigenvalue weighted by atomic mass is 10.0. The molecular weight excluding hydrogens is 226 g/mol. The maximum Gasteiger partial charge on any atom is 0.407 e. The van der Waals surface area contributed by atoms with Crippen molar-refractivity contribution in [2.75, 3.05) is 7.11 Å². The number of alkyl carbamates (subject to hydrolysis) is 1. The third-order valence-electron chi connectivity index (χ3n) is 3.04. The summed E-state index contributed by atoms with van der Waals surface area (Å²) in [4.78, 5) is 11.3. The van der Waals surface area contributed by atoms with Crippen LogP contribution >= 0.6 is 0 Å². The molecule has 1 rings (SSSR count). The van der Waals surface area contributed by atoms with Crippen LogP contribution in [0.5, 0.6) is 0 Å². The van der Waals surface area contributed by atoms with Gasteiger partial charge >= 0.3 is 6.09 Å². The Morgan fingerprint density at radius 2 is 2.00 bits per heavy atom. The van der Waals surface area contributed by atoms with E-state index in [2.05, 4.69) is 29.1 Å². The van der Waals surface area contributed by atoms with Crippen molar-refractivity contribution in [2.24, 2.45) is 0 Å². The maximum absolute atomic E-state index is 11.3. The van der Waals surface area contributed by atoms with E-state index < -0.39 is 0 Å². The van der Waals surface area contributed by atoms with Crippen LogP contribution in [0.3, 0.4) is 0 Å². The molecule has 0 aliphatic heterocycles. The molecule has 100 valence electrons. The molecule has 0 saturated heterocycles. The van der Waals surface area contributed by atoms with Crippen molar-refractivity contribution in [3.8, 4) is 0 Å². The number of benzene rings is 1. The first-order chi connectivity index (χ1) is 8.76. The van der Waals surface area contributed by atoms with Crippen molar-refractivity contribution >= 4 is 6.09 Å². The Hall–Kier alpha value is -1.51. The molecule has 1 amide bonds. The average molecular weight is 249 g/mol. The van der Waals surface area contributed by atoms with E-state index in [0.717, 1.165) is 32.1 Å². The quantitative estimate of drug-likeness (QED) is 0.802. The van der Waals surface area contributed by atoms with Gasteiger partial charge in [-0.2, -0.15) is 0 Å². The van der Waals surface area contributed by atoms with E-state index in [4.69, 9.17) is 0 Å².